The number of hydrogen-bond donors (Lipinski definition) is 1. The van der Waals surface area contributed by atoms with Gasteiger partial charge in [0.05, 0.1) is 13.2 Å². The van der Waals surface area contributed by atoms with E-state index in [9.17, 15) is 0 Å². The zero-order chi connectivity index (χ0) is 15.9. The van der Waals surface area contributed by atoms with Crippen molar-refractivity contribution in [3.63, 3.8) is 0 Å². The molecule has 1 aliphatic heterocycles. The lowest BCUT2D eigenvalue weighted by Crippen LogP contribution is -2.35. The highest BCUT2D eigenvalue weighted by molar-refractivity contribution is 5.47. The molecule has 6 nitrogen and oxygen atoms in total. The lowest BCUT2D eigenvalue weighted by molar-refractivity contribution is 0.0342. The van der Waals surface area contributed by atoms with Gasteiger partial charge in [0.1, 0.15) is 6.07 Å². The van der Waals surface area contributed by atoms with Crippen LogP contribution in [0.3, 0.4) is 0 Å². The molecule has 0 radical (unpaired) electrons. The van der Waals surface area contributed by atoms with Crippen LogP contribution in [-0.2, 0) is 17.8 Å². The Balaban J connectivity index is 1.62. The minimum atomic E-state index is 0.317. The second kappa shape index (κ2) is 7.68. The Labute approximate surface area is 135 Å². The van der Waals surface area contributed by atoms with Gasteiger partial charge < -0.3 is 10.1 Å². The number of nitrogens with one attached hydrogen (secondary N) is 1. The lowest BCUT2D eigenvalue weighted by atomic mass is 10.1. The van der Waals surface area contributed by atoms with Crippen LogP contribution >= 0.6 is 0 Å². The Kier molecular flexibility index (Phi) is 5.14. The summed E-state index contributed by atoms with van der Waals surface area (Å²) in [5, 5.41) is 12.2. The molecule has 3 rings (SSSR count). The minimum Gasteiger partial charge on any atom is -0.379 e. The number of rotatable bonds is 5. The van der Waals surface area contributed by atoms with Gasteiger partial charge >= 0.3 is 0 Å². The van der Waals surface area contributed by atoms with E-state index in [-0.39, 0.29) is 0 Å². The quantitative estimate of drug-likeness (QED) is 0.907. The van der Waals surface area contributed by atoms with Gasteiger partial charge in [-0.2, -0.15) is 5.26 Å². The fourth-order valence-corrected chi connectivity index (χ4v) is 2.59. The zero-order valence-electron chi connectivity index (χ0n) is 12.9. The molecule has 0 aliphatic carbocycles. The third kappa shape index (κ3) is 4.25. The Morgan fingerprint density at radius 3 is 2.78 bits per heavy atom. The topological polar surface area (TPSA) is 74.1 Å². The summed E-state index contributed by atoms with van der Waals surface area (Å²) < 4.78 is 5.38. The maximum Gasteiger partial charge on any atom is 0.182 e. The predicted octanol–water partition coefficient (Wildman–Crippen LogP) is 1.79. The van der Waals surface area contributed by atoms with E-state index in [1.807, 2.05) is 6.07 Å². The number of ether oxygens (including phenoxy) is 1. The lowest BCUT2D eigenvalue weighted by Gasteiger charge is -2.26. The summed E-state index contributed by atoms with van der Waals surface area (Å²) in [6, 6.07) is 10.5. The van der Waals surface area contributed by atoms with Gasteiger partial charge in [-0.25, -0.2) is 9.97 Å². The number of benzene rings is 1. The number of hydrogen-bond acceptors (Lipinski definition) is 6. The average Bonchev–Trinajstić information content (AvgIpc) is 2.61. The second-order valence-electron chi connectivity index (χ2n) is 5.43. The molecule has 0 saturated carbocycles. The molecule has 118 valence electrons. The van der Waals surface area contributed by atoms with E-state index >= 15 is 0 Å². The van der Waals surface area contributed by atoms with Gasteiger partial charge in [-0.05, 0) is 11.1 Å². The molecule has 6 heteroatoms. The van der Waals surface area contributed by atoms with E-state index in [1.165, 1.54) is 11.8 Å². The molecule has 2 aromatic rings. The van der Waals surface area contributed by atoms with Crippen molar-refractivity contribution in [2.24, 2.45) is 0 Å². The van der Waals surface area contributed by atoms with Crippen LogP contribution in [0.1, 0.15) is 16.8 Å². The van der Waals surface area contributed by atoms with E-state index in [4.69, 9.17) is 10.00 Å². The highest BCUT2D eigenvalue weighted by Crippen LogP contribution is 2.13. The van der Waals surface area contributed by atoms with Crippen LogP contribution in [-0.4, -0.2) is 41.2 Å². The fraction of sp³-hybridized carbons (Fsp3) is 0.353. The highest BCUT2D eigenvalue weighted by Gasteiger charge is 2.11. The van der Waals surface area contributed by atoms with Crippen LogP contribution in [0.15, 0.2) is 36.7 Å². The number of nitrogens with zero attached hydrogens (tertiary/aromatic N) is 4. The third-order valence-corrected chi connectivity index (χ3v) is 3.77. The molecule has 1 aromatic heterocycles. The van der Waals surface area contributed by atoms with E-state index < -0.39 is 0 Å². The predicted molar refractivity (Wildman–Crippen MR) is 86.6 cm³/mol. The zero-order valence-corrected chi connectivity index (χ0v) is 12.9. The summed E-state index contributed by atoms with van der Waals surface area (Å²) in [5.41, 5.74) is 2.76. The molecule has 1 N–H and O–H groups in total. The summed E-state index contributed by atoms with van der Waals surface area (Å²) >= 11 is 0. The van der Waals surface area contributed by atoms with Crippen molar-refractivity contribution >= 4 is 5.82 Å². The van der Waals surface area contributed by atoms with Gasteiger partial charge in [-0.3, -0.25) is 4.90 Å². The van der Waals surface area contributed by atoms with Crippen LogP contribution in [0.25, 0.3) is 0 Å². The van der Waals surface area contributed by atoms with Crippen molar-refractivity contribution < 1.29 is 4.74 Å². The fourth-order valence-electron chi connectivity index (χ4n) is 2.59. The Hall–Kier alpha value is -2.49. The summed E-state index contributed by atoms with van der Waals surface area (Å²) in [7, 11) is 0. The molecule has 2 heterocycles. The molecule has 0 spiro atoms. The summed E-state index contributed by atoms with van der Waals surface area (Å²) in [5.74, 6) is 0.522. The van der Waals surface area contributed by atoms with Crippen LogP contribution in [0.4, 0.5) is 5.82 Å². The normalized spacial score (nSPS) is 15.1. The van der Waals surface area contributed by atoms with Gasteiger partial charge in [0, 0.05) is 38.6 Å². The smallest absolute Gasteiger partial charge is 0.182 e. The molecule has 1 aromatic carbocycles. The van der Waals surface area contributed by atoms with Crippen LogP contribution in [0.5, 0.6) is 0 Å². The number of anilines is 1. The maximum absolute atomic E-state index is 9.03. The Morgan fingerprint density at radius 1 is 1.17 bits per heavy atom. The molecular formula is C17H19N5O. The Bertz CT molecular complexity index is 691. The van der Waals surface area contributed by atoms with Gasteiger partial charge in [0.2, 0.25) is 0 Å². The van der Waals surface area contributed by atoms with E-state index in [2.05, 4.69) is 44.5 Å². The molecule has 23 heavy (non-hydrogen) atoms. The second-order valence-corrected chi connectivity index (χ2v) is 5.43. The monoisotopic (exact) mass is 309 g/mol. The first-order valence-electron chi connectivity index (χ1n) is 7.68. The van der Waals surface area contributed by atoms with E-state index in [0.29, 0.717) is 18.1 Å². The van der Waals surface area contributed by atoms with Crippen molar-refractivity contribution in [1.29, 1.82) is 5.26 Å². The summed E-state index contributed by atoms with van der Waals surface area (Å²) in [6.07, 6.45) is 3.10. The first-order chi connectivity index (χ1) is 11.3. The average molecular weight is 309 g/mol. The van der Waals surface area contributed by atoms with Gasteiger partial charge in [-0.1, -0.05) is 24.3 Å². The first-order valence-corrected chi connectivity index (χ1v) is 7.68. The van der Waals surface area contributed by atoms with Crippen molar-refractivity contribution in [1.82, 2.24) is 14.9 Å². The first kappa shape index (κ1) is 15.4. The summed E-state index contributed by atoms with van der Waals surface area (Å²) in [4.78, 5) is 10.6. The molecular weight excluding hydrogens is 290 g/mol. The van der Waals surface area contributed by atoms with Gasteiger partial charge in [0.25, 0.3) is 0 Å². The van der Waals surface area contributed by atoms with Gasteiger partial charge in [0.15, 0.2) is 11.5 Å². The number of aromatic nitrogens is 2. The molecule has 1 saturated heterocycles. The molecule has 1 aliphatic rings. The third-order valence-electron chi connectivity index (χ3n) is 3.77. The molecule has 0 unspecified atom stereocenters. The van der Waals surface area contributed by atoms with Crippen LogP contribution in [0.2, 0.25) is 0 Å². The standard InChI is InChI=1S/C17H19N5O/c18-11-16-17(20-5-4-19-16)21-12-14-2-1-3-15(10-14)13-22-6-8-23-9-7-22/h1-5,10H,6-9,12-13H2,(H,20,21). The van der Waals surface area contributed by atoms with Crippen molar-refractivity contribution in [3.05, 3.63) is 53.5 Å². The molecule has 0 atom stereocenters. The minimum absolute atomic E-state index is 0.317. The highest BCUT2D eigenvalue weighted by atomic mass is 16.5. The maximum atomic E-state index is 9.03. The van der Waals surface area contributed by atoms with Crippen molar-refractivity contribution in [2.75, 3.05) is 31.6 Å². The molecule has 0 amide bonds. The van der Waals surface area contributed by atoms with Gasteiger partial charge in [-0.15, -0.1) is 0 Å². The van der Waals surface area contributed by atoms with Crippen LogP contribution < -0.4 is 5.32 Å². The summed E-state index contributed by atoms with van der Waals surface area (Å²) in [6.45, 7) is 5.13. The number of nitriles is 1. The SMILES string of the molecule is N#Cc1nccnc1NCc1cccc(CN2CCOCC2)c1. The molecule has 1 fully saturated rings. The van der Waals surface area contributed by atoms with E-state index in [0.717, 1.165) is 38.4 Å². The van der Waals surface area contributed by atoms with Crippen molar-refractivity contribution in [3.8, 4) is 6.07 Å². The Morgan fingerprint density at radius 2 is 1.96 bits per heavy atom. The number of morpholine rings is 1. The van der Waals surface area contributed by atoms with E-state index in [1.54, 1.807) is 6.20 Å². The largest absolute Gasteiger partial charge is 0.379 e. The van der Waals surface area contributed by atoms with Crippen molar-refractivity contribution in [2.45, 2.75) is 13.1 Å². The van der Waals surface area contributed by atoms with Crippen LogP contribution in [0, 0.1) is 11.3 Å². The molecule has 0 bridgehead atoms.